The van der Waals surface area contributed by atoms with Gasteiger partial charge in [0, 0.05) is 32.2 Å². The molecule has 4 rings (SSSR count). The number of carbonyl (C=O) groups excluding carboxylic acids is 1. The number of rotatable bonds is 6. The molecule has 0 aliphatic heterocycles. The summed E-state index contributed by atoms with van der Waals surface area (Å²) >= 11 is 11.2. The minimum Gasteiger partial charge on any atom is -0.481 e. The highest BCUT2D eigenvalue weighted by Gasteiger charge is 2.20. The first-order valence-corrected chi connectivity index (χ1v) is 11.1. The molecule has 152 valence electrons. The molecule has 0 aliphatic rings. The molecule has 0 bridgehead atoms. The summed E-state index contributed by atoms with van der Waals surface area (Å²) in [5.74, 6) is -1.24. The molecule has 4 aromatic rings. The van der Waals surface area contributed by atoms with Gasteiger partial charge in [0.15, 0.2) is 0 Å². The van der Waals surface area contributed by atoms with E-state index < -0.39 is 5.97 Å². The van der Waals surface area contributed by atoms with Crippen molar-refractivity contribution in [2.24, 2.45) is 0 Å². The average Bonchev–Trinajstić information content (AvgIpc) is 3.28. The maximum atomic E-state index is 13.1. The number of carboxylic acid groups (broad SMARTS) is 1. The van der Waals surface area contributed by atoms with Gasteiger partial charge in [0.1, 0.15) is 4.88 Å². The van der Waals surface area contributed by atoms with E-state index in [1.807, 2.05) is 60.7 Å². The lowest BCUT2D eigenvalue weighted by Gasteiger charge is -2.15. The van der Waals surface area contributed by atoms with E-state index in [0.717, 1.165) is 25.8 Å². The Morgan fingerprint density at radius 3 is 2.50 bits per heavy atom. The van der Waals surface area contributed by atoms with Gasteiger partial charge in [0.05, 0.1) is 17.1 Å². The summed E-state index contributed by atoms with van der Waals surface area (Å²) in [5, 5.41) is 10.3. The summed E-state index contributed by atoms with van der Waals surface area (Å²) in [4.78, 5) is 24.6. The highest BCUT2D eigenvalue weighted by Crippen LogP contribution is 2.35. The third-order valence-electron chi connectivity index (χ3n) is 4.65. The van der Waals surface area contributed by atoms with Gasteiger partial charge in [-0.05, 0) is 30.3 Å². The zero-order valence-corrected chi connectivity index (χ0v) is 18.7. The molecule has 0 unspecified atom stereocenters. The number of nitrogens with zero attached hydrogens (tertiary/aromatic N) is 1. The zero-order chi connectivity index (χ0) is 21.3. The predicted octanol–water partition coefficient (Wildman–Crippen LogP) is 6.19. The number of carbonyl (C=O) groups is 2. The number of aryl methyl sites for hydroxylation is 1. The molecule has 0 saturated carbocycles. The van der Waals surface area contributed by atoms with Gasteiger partial charge in [-0.1, -0.05) is 57.9 Å². The standard InChI is InChI=1S/C22H16BrClN2O3S/c23-14-7-5-13(6-8-14)17-11-9-15(10-12-19(27)28)26(17)25-22(29)21-20(24)16-3-1-2-4-18(16)30-21/h1-9,11H,10,12H2,(H,25,29)(H,27,28). The van der Waals surface area contributed by atoms with Crippen LogP contribution in [0.5, 0.6) is 0 Å². The van der Waals surface area contributed by atoms with E-state index in [-0.39, 0.29) is 18.7 Å². The van der Waals surface area contributed by atoms with Crippen molar-refractivity contribution in [2.75, 3.05) is 5.43 Å². The van der Waals surface area contributed by atoms with Crippen LogP contribution in [0.3, 0.4) is 0 Å². The van der Waals surface area contributed by atoms with Crippen LogP contribution in [0.4, 0.5) is 0 Å². The number of carboxylic acids is 1. The van der Waals surface area contributed by atoms with Gasteiger partial charge in [-0.25, -0.2) is 0 Å². The van der Waals surface area contributed by atoms with Crippen LogP contribution in [0, 0.1) is 0 Å². The van der Waals surface area contributed by atoms with Gasteiger partial charge in [0.25, 0.3) is 5.91 Å². The van der Waals surface area contributed by atoms with Crippen molar-refractivity contribution in [3.05, 3.63) is 80.7 Å². The molecule has 2 heterocycles. The van der Waals surface area contributed by atoms with Crippen molar-refractivity contribution in [2.45, 2.75) is 12.8 Å². The molecule has 2 aromatic carbocycles. The first-order chi connectivity index (χ1) is 14.4. The highest BCUT2D eigenvalue weighted by atomic mass is 79.9. The molecule has 0 atom stereocenters. The van der Waals surface area contributed by atoms with Crippen LogP contribution in [0.25, 0.3) is 21.3 Å². The van der Waals surface area contributed by atoms with Crippen LogP contribution in [0.1, 0.15) is 21.8 Å². The summed E-state index contributed by atoms with van der Waals surface area (Å²) in [6.07, 6.45) is 0.246. The lowest BCUT2D eigenvalue weighted by molar-refractivity contribution is -0.136. The topological polar surface area (TPSA) is 71.3 Å². The Hall–Kier alpha value is -2.61. The van der Waals surface area contributed by atoms with E-state index in [9.17, 15) is 9.59 Å². The number of halogens is 2. The van der Waals surface area contributed by atoms with Crippen LogP contribution in [0.15, 0.2) is 65.1 Å². The number of nitrogens with one attached hydrogen (secondary N) is 1. The smallest absolute Gasteiger partial charge is 0.303 e. The fourth-order valence-corrected chi connectivity index (χ4v) is 4.87. The third-order valence-corrected chi connectivity index (χ3v) is 6.85. The van der Waals surface area contributed by atoms with Crippen molar-refractivity contribution in [1.82, 2.24) is 4.68 Å². The molecular weight excluding hydrogens is 488 g/mol. The Morgan fingerprint density at radius 2 is 1.80 bits per heavy atom. The Labute approximate surface area is 190 Å². The normalized spacial score (nSPS) is 11.0. The summed E-state index contributed by atoms with van der Waals surface area (Å²) < 4.78 is 3.52. The van der Waals surface area contributed by atoms with E-state index in [1.54, 1.807) is 4.68 Å². The van der Waals surface area contributed by atoms with E-state index in [4.69, 9.17) is 16.7 Å². The van der Waals surface area contributed by atoms with Crippen LogP contribution in [0.2, 0.25) is 5.02 Å². The average molecular weight is 504 g/mol. The molecular formula is C22H16BrClN2O3S. The molecule has 0 spiro atoms. The SMILES string of the molecule is O=C(O)CCc1ccc(-c2ccc(Br)cc2)n1NC(=O)c1sc2ccccc2c1Cl. The maximum Gasteiger partial charge on any atom is 0.303 e. The number of amides is 1. The number of aliphatic carboxylic acids is 1. The predicted molar refractivity (Wildman–Crippen MR) is 124 cm³/mol. The molecule has 0 aliphatic carbocycles. The minimum atomic E-state index is -0.896. The Kier molecular flexibility index (Phi) is 5.94. The Bertz CT molecular complexity index is 1250. The third kappa shape index (κ3) is 4.14. The Morgan fingerprint density at radius 1 is 1.07 bits per heavy atom. The van der Waals surface area contributed by atoms with Gasteiger partial charge in [-0.15, -0.1) is 11.3 Å². The summed E-state index contributed by atoms with van der Waals surface area (Å²) in [6.45, 7) is 0. The largest absolute Gasteiger partial charge is 0.481 e. The Balaban J connectivity index is 1.72. The second-order valence-corrected chi connectivity index (χ2v) is 8.97. The van der Waals surface area contributed by atoms with Crippen molar-refractivity contribution in [3.8, 4) is 11.3 Å². The van der Waals surface area contributed by atoms with Crippen molar-refractivity contribution < 1.29 is 14.7 Å². The van der Waals surface area contributed by atoms with E-state index in [0.29, 0.717) is 15.6 Å². The minimum absolute atomic E-state index is 0.0384. The summed E-state index contributed by atoms with van der Waals surface area (Å²) in [5.41, 5.74) is 5.26. The summed E-state index contributed by atoms with van der Waals surface area (Å²) in [7, 11) is 0. The van der Waals surface area contributed by atoms with Crippen molar-refractivity contribution in [3.63, 3.8) is 0 Å². The number of hydrogen-bond acceptors (Lipinski definition) is 3. The first-order valence-electron chi connectivity index (χ1n) is 9.11. The molecule has 0 radical (unpaired) electrons. The number of aromatic nitrogens is 1. The van der Waals surface area contributed by atoms with E-state index >= 15 is 0 Å². The lowest BCUT2D eigenvalue weighted by Crippen LogP contribution is -2.25. The number of benzene rings is 2. The van der Waals surface area contributed by atoms with E-state index in [2.05, 4.69) is 21.4 Å². The second kappa shape index (κ2) is 8.63. The fraction of sp³-hybridized carbons (Fsp3) is 0.0909. The molecule has 2 N–H and O–H groups in total. The summed E-state index contributed by atoms with van der Waals surface area (Å²) in [6, 6.07) is 19.0. The van der Waals surface area contributed by atoms with Gasteiger partial charge < -0.3 is 5.11 Å². The monoisotopic (exact) mass is 502 g/mol. The van der Waals surface area contributed by atoms with Crippen LogP contribution < -0.4 is 5.43 Å². The van der Waals surface area contributed by atoms with Gasteiger partial charge in [0.2, 0.25) is 0 Å². The fourth-order valence-electron chi connectivity index (χ4n) is 3.20. The molecule has 5 nitrogen and oxygen atoms in total. The number of hydrogen-bond donors (Lipinski definition) is 2. The first kappa shape index (κ1) is 20.7. The highest BCUT2D eigenvalue weighted by molar-refractivity contribution is 9.10. The molecule has 1 amide bonds. The molecule has 2 aromatic heterocycles. The van der Waals surface area contributed by atoms with Gasteiger partial charge >= 0.3 is 5.97 Å². The zero-order valence-electron chi connectivity index (χ0n) is 15.6. The second-order valence-electron chi connectivity index (χ2n) is 6.63. The lowest BCUT2D eigenvalue weighted by atomic mass is 10.2. The van der Waals surface area contributed by atoms with Crippen molar-refractivity contribution in [1.29, 1.82) is 0 Å². The van der Waals surface area contributed by atoms with Crippen LogP contribution in [-0.2, 0) is 11.2 Å². The van der Waals surface area contributed by atoms with Crippen molar-refractivity contribution >= 4 is 60.8 Å². The quantitative estimate of drug-likeness (QED) is 0.330. The maximum absolute atomic E-state index is 13.1. The van der Waals surface area contributed by atoms with Crippen LogP contribution >= 0.6 is 38.9 Å². The number of fused-ring (bicyclic) bond motifs is 1. The molecule has 0 fully saturated rings. The molecule has 8 heteroatoms. The number of thiophene rings is 1. The van der Waals surface area contributed by atoms with Gasteiger partial charge in [-0.2, -0.15) is 0 Å². The van der Waals surface area contributed by atoms with Crippen LogP contribution in [-0.4, -0.2) is 21.7 Å². The molecule has 30 heavy (non-hydrogen) atoms. The molecule has 0 saturated heterocycles. The van der Waals surface area contributed by atoms with E-state index in [1.165, 1.54) is 11.3 Å². The van der Waals surface area contributed by atoms with Gasteiger partial charge in [-0.3, -0.25) is 19.7 Å².